The van der Waals surface area contributed by atoms with Crippen LogP contribution in [0.3, 0.4) is 0 Å². The number of rotatable bonds is 5. The highest BCUT2D eigenvalue weighted by Crippen LogP contribution is 2.39. The number of benzene rings is 1. The van der Waals surface area contributed by atoms with Crippen molar-refractivity contribution in [3.63, 3.8) is 0 Å². The van der Waals surface area contributed by atoms with E-state index in [1.54, 1.807) is 6.92 Å². The van der Waals surface area contributed by atoms with Crippen molar-refractivity contribution in [3.05, 3.63) is 47.0 Å². The molecule has 0 saturated carbocycles. The molecular weight excluding hydrogens is 544 g/mol. The zero-order chi connectivity index (χ0) is 28.9. The minimum atomic E-state index is -4.91. The number of nitrogens with two attached hydrogens (primary N) is 1. The predicted molar refractivity (Wildman–Crippen MR) is 121 cm³/mol. The average molecular weight is 564 g/mol. The van der Waals surface area contributed by atoms with E-state index in [9.17, 15) is 40.3 Å². The van der Waals surface area contributed by atoms with E-state index < -0.39 is 95.4 Å². The van der Waals surface area contributed by atoms with Gasteiger partial charge in [0.2, 0.25) is 5.91 Å². The highest BCUT2D eigenvalue weighted by atomic mass is 19.4. The number of anilines is 1. The van der Waals surface area contributed by atoms with Gasteiger partial charge in [-0.2, -0.15) is 31.4 Å². The fourth-order valence-corrected chi connectivity index (χ4v) is 4.46. The molecule has 1 saturated heterocycles. The zero-order valence-electron chi connectivity index (χ0n) is 20.0. The van der Waals surface area contributed by atoms with Crippen molar-refractivity contribution in [2.75, 3.05) is 18.8 Å². The number of hydrogen-bond donors (Lipinski definition) is 2. The van der Waals surface area contributed by atoms with Crippen LogP contribution in [-0.4, -0.2) is 62.8 Å². The molecule has 8 nitrogen and oxygen atoms in total. The molecule has 4 rings (SSSR count). The summed E-state index contributed by atoms with van der Waals surface area (Å²) in [6.07, 6.45) is -12.5. The van der Waals surface area contributed by atoms with Gasteiger partial charge >= 0.3 is 12.4 Å². The predicted octanol–water partition coefficient (Wildman–Crippen LogP) is 3.93. The van der Waals surface area contributed by atoms with Crippen molar-refractivity contribution in [3.8, 4) is 11.3 Å². The summed E-state index contributed by atoms with van der Waals surface area (Å²) >= 11 is 0. The Morgan fingerprint density at radius 2 is 1.85 bits per heavy atom. The Morgan fingerprint density at radius 1 is 1.15 bits per heavy atom. The van der Waals surface area contributed by atoms with Gasteiger partial charge in [0.15, 0.2) is 5.82 Å². The number of fused-ring (bicyclic) bond motifs is 1. The molecule has 3 aromatic rings. The largest absolute Gasteiger partial charge is 0.418 e. The Hall–Kier alpha value is -3.98. The van der Waals surface area contributed by atoms with Crippen LogP contribution in [-0.2, 0) is 17.4 Å². The Balaban J connectivity index is 1.70. The maximum absolute atomic E-state index is 15.8. The lowest BCUT2D eigenvalue weighted by atomic mass is 9.98. The fourth-order valence-electron chi connectivity index (χ4n) is 4.46. The number of nitrogens with zero attached hydrogens (tertiary/aromatic N) is 4. The summed E-state index contributed by atoms with van der Waals surface area (Å²) in [4.78, 5) is 29.1. The molecule has 210 valence electrons. The lowest BCUT2D eigenvalue weighted by Gasteiger charge is -2.19. The monoisotopic (exact) mass is 564 g/mol. The van der Waals surface area contributed by atoms with Gasteiger partial charge < -0.3 is 16.0 Å². The lowest BCUT2D eigenvalue weighted by Crippen LogP contribution is -2.42. The molecule has 1 aliphatic heterocycles. The average Bonchev–Trinajstić information content (AvgIpc) is 3.39. The van der Waals surface area contributed by atoms with Crippen LogP contribution in [0.25, 0.3) is 16.8 Å². The third kappa shape index (κ3) is 5.45. The molecule has 0 radical (unpaired) electrons. The summed E-state index contributed by atoms with van der Waals surface area (Å²) < 4.78 is 110. The molecule has 3 N–H and O–H groups in total. The van der Waals surface area contributed by atoms with Crippen LogP contribution >= 0.6 is 0 Å². The number of hydrogen-bond acceptors (Lipinski definition) is 5. The van der Waals surface area contributed by atoms with E-state index in [1.807, 2.05) is 0 Å². The van der Waals surface area contributed by atoms with Crippen LogP contribution < -0.4 is 11.1 Å². The topological polar surface area (TPSA) is 106 Å². The van der Waals surface area contributed by atoms with Gasteiger partial charge in [-0.1, -0.05) is 13.0 Å². The van der Waals surface area contributed by atoms with E-state index in [-0.39, 0.29) is 12.0 Å². The number of aromatic nitrogens is 3. The van der Waals surface area contributed by atoms with Gasteiger partial charge in [0.05, 0.1) is 29.4 Å². The highest BCUT2D eigenvalue weighted by molar-refractivity contribution is 5.98. The highest BCUT2D eigenvalue weighted by Gasteiger charge is 2.41. The molecule has 39 heavy (non-hydrogen) atoms. The number of halogens is 8. The van der Waals surface area contributed by atoms with E-state index in [2.05, 4.69) is 15.4 Å². The zero-order valence-corrected chi connectivity index (χ0v) is 20.0. The first-order valence-electron chi connectivity index (χ1n) is 11.4. The fraction of sp³-hybridized carbons (Fsp3) is 0.391. The molecule has 0 aliphatic carbocycles. The molecule has 2 amide bonds. The molecule has 1 fully saturated rings. The number of alkyl halides is 7. The number of aryl methyl sites for hydroxylation is 1. The van der Waals surface area contributed by atoms with Crippen molar-refractivity contribution in [1.29, 1.82) is 0 Å². The van der Waals surface area contributed by atoms with Crippen molar-refractivity contribution in [1.82, 2.24) is 24.8 Å². The van der Waals surface area contributed by atoms with Crippen LogP contribution in [0, 0.1) is 5.82 Å². The van der Waals surface area contributed by atoms with Gasteiger partial charge in [-0.3, -0.25) is 9.59 Å². The maximum atomic E-state index is 15.8. The van der Waals surface area contributed by atoms with Gasteiger partial charge in [-0.15, -0.1) is 0 Å². The molecule has 0 spiro atoms. The molecule has 0 bridgehead atoms. The summed E-state index contributed by atoms with van der Waals surface area (Å²) in [7, 11) is 0. The van der Waals surface area contributed by atoms with Crippen LogP contribution in [0.4, 0.5) is 40.9 Å². The normalized spacial score (nSPS) is 18.1. The van der Waals surface area contributed by atoms with E-state index in [1.165, 1.54) is 6.07 Å². The number of amides is 2. The summed E-state index contributed by atoms with van der Waals surface area (Å²) in [5.41, 5.74) is 2.43. The number of nitrogens with one attached hydrogen (secondary N) is 1. The van der Waals surface area contributed by atoms with Crippen LogP contribution in [0.15, 0.2) is 24.5 Å². The maximum Gasteiger partial charge on any atom is 0.418 e. The van der Waals surface area contributed by atoms with Crippen molar-refractivity contribution in [2.24, 2.45) is 0 Å². The summed E-state index contributed by atoms with van der Waals surface area (Å²) in [5.74, 6) is -4.30. The smallest absolute Gasteiger partial charge is 0.382 e. The Labute approximate surface area is 214 Å². The molecule has 1 aliphatic rings. The number of carbonyl (C=O) groups is 2. The Bertz CT molecular complexity index is 1430. The summed E-state index contributed by atoms with van der Waals surface area (Å²) in [6, 6.07) is 1.60. The molecule has 3 heterocycles. The Morgan fingerprint density at radius 3 is 2.46 bits per heavy atom. The first-order valence-corrected chi connectivity index (χ1v) is 11.4. The quantitative estimate of drug-likeness (QED) is 0.457. The SMILES string of the molecule is CCc1ccc(-c2cc(C(F)(F)F)c3c(N)ncnn23)c(F)c1C(=O)N[C@@H]1CN(C(=O)CC(F)(F)F)C[C@@H]1F. The Kier molecular flexibility index (Phi) is 7.16. The number of carbonyl (C=O) groups excluding carboxylic acids is 2. The molecule has 2 aromatic heterocycles. The van der Waals surface area contributed by atoms with Gasteiger partial charge in [-0.05, 0) is 24.1 Å². The number of likely N-dealkylation sites (tertiary alicyclic amines) is 1. The summed E-state index contributed by atoms with van der Waals surface area (Å²) in [6.45, 7) is 0.276. The molecular formula is C23H20F8N6O2. The van der Waals surface area contributed by atoms with Crippen molar-refractivity contribution < 1.29 is 44.7 Å². The van der Waals surface area contributed by atoms with Gasteiger partial charge in [0.25, 0.3) is 5.91 Å². The van der Waals surface area contributed by atoms with Crippen molar-refractivity contribution in [2.45, 2.75) is 44.3 Å². The third-order valence-electron chi connectivity index (χ3n) is 6.27. The molecule has 0 unspecified atom stereocenters. The minimum absolute atomic E-state index is 0.0949. The van der Waals surface area contributed by atoms with Crippen molar-refractivity contribution >= 4 is 23.1 Å². The third-order valence-corrected chi connectivity index (χ3v) is 6.27. The van der Waals surface area contributed by atoms with Gasteiger partial charge in [0, 0.05) is 12.1 Å². The molecule has 1 aromatic carbocycles. The van der Waals surface area contributed by atoms with E-state index in [0.29, 0.717) is 11.0 Å². The van der Waals surface area contributed by atoms with E-state index in [0.717, 1.165) is 16.9 Å². The molecule has 16 heteroatoms. The van der Waals surface area contributed by atoms with Gasteiger partial charge in [0.1, 0.15) is 30.3 Å². The van der Waals surface area contributed by atoms with Crippen LogP contribution in [0.1, 0.15) is 34.8 Å². The van der Waals surface area contributed by atoms with Crippen LogP contribution in [0.2, 0.25) is 0 Å². The number of nitrogen functional groups attached to an aromatic ring is 1. The standard InChI is InChI=1S/C23H20F8N6O2/c1-2-10-3-4-11(15-5-12(23(29,30)31)19-20(32)33-9-34-37(15)19)18(25)17(10)21(39)35-14-8-36(7-13(14)24)16(38)6-22(26,27)28/h3-5,9,13-14H,2,6-8H2,1H3,(H,35,39)(H2,32,33,34)/t13-,14+/m0/s1. The summed E-state index contributed by atoms with van der Waals surface area (Å²) in [5, 5.41) is 5.95. The van der Waals surface area contributed by atoms with Crippen LogP contribution in [0.5, 0.6) is 0 Å². The second-order valence-corrected chi connectivity index (χ2v) is 8.85. The van der Waals surface area contributed by atoms with E-state index >= 15 is 4.39 Å². The van der Waals surface area contributed by atoms with Gasteiger partial charge in [-0.25, -0.2) is 18.3 Å². The first-order chi connectivity index (χ1) is 18.1. The first kappa shape index (κ1) is 28.0. The van der Waals surface area contributed by atoms with E-state index in [4.69, 9.17) is 5.73 Å². The second kappa shape index (κ2) is 9.96. The molecule has 2 atom stereocenters. The second-order valence-electron chi connectivity index (χ2n) is 8.85. The minimum Gasteiger partial charge on any atom is -0.382 e. The lowest BCUT2D eigenvalue weighted by molar-refractivity contribution is -0.160.